The van der Waals surface area contributed by atoms with Gasteiger partial charge in [0.2, 0.25) is 0 Å². The molecule has 0 unspecified atom stereocenters. The van der Waals surface area contributed by atoms with Gasteiger partial charge in [-0.05, 0) is 24.5 Å². The second kappa shape index (κ2) is 6.55. The lowest BCUT2D eigenvalue weighted by atomic mass is 9.96. The number of rotatable bonds is 4. The Morgan fingerprint density at radius 2 is 2.08 bits per heavy atom. The summed E-state index contributed by atoms with van der Waals surface area (Å²) in [7, 11) is 0. The minimum Gasteiger partial charge on any atom is -0.311 e. The van der Waals surface area contributed by atoms with Crippen molar-refractivity contribution in [2.75, 3.05) is 12.8 Å². The van der Waals surface area contributed by atoms with Crippen LogP contribution in [0, 0.1) is 0 Å². The summed E-state index contributed by atoms with van der Waals surface area (Å²) in [5.74, 6) is 0. The Bertz CT molecular complexity index is 128. The number of thioether (sulfide) groups is 1. The van der Waals surface area contributed by atoms with Gasteiger partial charge >= 0.3 is 0 Å². The maximum Gasteiger partial charge on any atom is 0.0145 e. The lowest BCUT2D eigenvalue weighted by Crippen LogP contribution is -2.30. The molecule has 1 saturated carbocycles. The van der Waals surface area contributed by atoms with E-state index < -0.39 is 0 Å². The first-order valence-electron chi connectivity index (χ1n) is 4.84. The topological polar surface area (TPSA) is 12.0 Å². The molecule has 0 amide bonds. The highest BCUT2D eigenvalue weighted by Gasteiger charge is 2.10. The monoisotopic (exact) mass is 185 g/mol. The van der Waals surface area contributed by atoms with Crippen molar-refractivity contribution < 1.29 is 0 Å². The van der Waals surface area contributed by atoms with Gasteiger partial charge in [-0.3, -0.25) is 0 Å². The van der Waals surface area contributed by atoms with Gasteiger partial charge in [0, 0.05) is 12.6 Å². The maximum atomic E-state index is 3.56. The van der Waals surface area contributed by atoms with Crippen LogP contribution in [-0.2, 0) is 0 Å². The van der Waals surface area contributed by atoms with Gasteiger partial charge < -0.3 is 5.32 Å². The smallest absolute Gasteiger partial charge is 0.0145 e. The first-order valence-corrected chi connectivity index (χ1v) is 6.13. The van der Waals surface area contributed by atoms with Crippen molar-refractivity contribution in [2.45, 2.75) is 38.1 Å². The summed E-state index contributed by atoms with van der Waals surface area (Å²) in [6, 6.07) is 0.797. The molecular formula is C10H19NS. The van der Waals surface area contributed by atoms with Gasteiger partial charge in [-0.2, -0.15) is 0 Å². The molecule has 1 aliphatic carbocycles. The predicted octanol–water partition coefficient (Wildman–Crippen LogP) is 2.79. The van der Waals surface area contributed by atoms with E-state index in [9.17, 15) is 0 Å². The van der Waals surface area contributed by atoms with Gasteiger partial charge in [-0.1, -0.05) is 25.3 Å². The fraction of sp³-hybridized carbons (Fsp3) is 0.800. The molecule has 0 bridgehead atoms. The van der Waals surface area contributed by atoms with E-state index >= 15 is 0 Å². The Kier molecular flexibility index (Phi) is 5.53. The molecular weight excluding hydrogens is 166 g/mol. The highest BCUT2D eigenvalue weighted by Crippen LogP contribution is 2.16. The van der Waals surface area contributed by atoms with Gasteiger partial charge in [0.05, 0.1) is 0 Å². The average molecular weight is 185 g/mol. The standard InChI is InChI=1S/C10H19NS/c1-12-9-5-8-11-10-6-3-2-4-7-10/h5,9-11H,2-4,6-8H2,1H3/b9-5-. The Morgan fingerprint density at radius 3 is 2.75 bits per heavy atom. The highest BCUT2D eigenvalue weighted by molar-refractivity contribution is 8.01. The van der Waals surface area contributed by atoms with Crippen LogP contribution >= 0.6 is 11.8 Å². The fourth-order valence-corrected chi connectivity index (χ4v) is 1.97. The van der Waals surface area contributed by atoms with Crippen molar-refractivity contribution in [3.8, 4) is 0 Å². The van der Waals surface area contributed by atoms with E-state index in [1.807, 2.05) is 0 Å². The summed E-state index contributed by atoms with van der Waals surface area (Å²) < 4.78 is 0. The van der Waals surface area contributed by atoms with Crippen LogP contribution < -0.4 is 5.32 Å². The van der Waals surface area contributed by atoms with Gasteiger partial charge in [-0.25, -0.2) is 0 Å². The van der Waals surface area contributed by atoms with Crippen LogP contribution in [0.1, 0.15) is 32.1 Å². The summed E-state index contributed by atoms with van der Waals surface area (Å²) in [6.45, 7) is 1.05. The van der Waals surface area contributed by atoms with Crippen LogP contribution in [0.2, 0.25) is 0 Å². The number of hydrogen-bond donors (Lipinski definition) is 1. The highest BCUT2D eigenvalue weighted by atomic mass is 32.2. The molecule has 12 heavy (non-hydrogen) atoms. The number of nitrogens with one attached hydrogen (secondary N) is 1. The maximum absolute atomic E-state index is 3.56. The normalized spacial score (nSPS) is 20.4. The van der Waals surface area contributed by atoms with Gasteiger partial charge in [0.15, 0.2) is 0 Å². The van der Waals surface area contributed by atoms with Gasteiger partial charge in [0.1, 0.15) is 0 Å². The zero-order chi connectivity index (χ0) is 8.65. The van der Waals surface area contributed by atoms with E-state index in [2.05, 4.69) is 23.1 Å². The molecule has 70 valence electrons. The zero-order valence-corrected chi connectivity index (χ0v) is 8.70. The third-order valence-corrected chi connectivity index (χ3v) is 2.83. The van der Waals surface area contributed by atoms with Crippen LogP contribution in [0.3, 0.4) is 0 Å². The molecule has 0 spiro atoms. The minimum absolute atomic E-state index is 0.797. The van der Waals surface area contributed by atoms with E-state index in [1.54, 1.807) is 11.8 Å². The summed E-state index contributed by atoms with van der Waals surface area (Å²) in [5, 5.41) is 5.70. The van der Waals surface area contributed by atoms with Crippen molar-refractivity contribution in [1.29, 1.82) is 0 Å². The van der Waals surface area contributed by atoms with Crippen LogP contribution in [0.4, 0.5) is 0 Å². The van der Waals surface area contributed by atoms with E-state index in [0.717, 1.165) is 12.6 Å². The molecule has 1 aliphatic rings. The summed E-state index contributed by atoms with van der Waals surface area (Å²) in [6.07, 6.45) is 11.4. The zero-order valence-electron chi connectivity index (χ0n) is 7.88. The molecule has 0 aromatic rings. The predicted molar refractivity (Wildman–Crippen MR) is 57.5 cm³/mol. The Morgan fingerprint density at radius 1 is 1.33 bits per heavy atom. The summed E-state index contributed by atoms with van der Waals surface area (Å²) >= 11 is 1.77. The van der Waals surface area contributed by atoms with Crippen molar-refractivity contribution in [3.63, 3.8) is 0 Å². The summed E-state index contributed by atoms with van der Waals surface area (Å²) in [4.78, 5) is 0. The average Bonchev–Trinajstić information content (AvgIpc) is 2.14. The minimum atomic E-state index is 0.797. The van der Waals surface area contributed by atoms with Crippen molar-refractivity contribution in [3.05, 3.63) is 11.5 Å². The SMILES string of the molecule is CS/C=C\CNC1CCCCC1. The lowest BCUT2D eigenvalue weighted by Gasteiger charge is -2.21. The molecule has 2 heteroatoms. The first kappa shape index (κ1) is 10.1. The van der Waals surface area contributed by atoms with Crippen LogP contribution in [0.15, 0.2) is 11.5 Å². The Hall–Kier alpha value is 0.0500. The fourth-order valence-electron chi connectivity index (χ4n) is 1.69. The molecule has 1 fully saturated rings. The molecule has 0 radical (unpaired) electrons. The van der Waals surface area contributed by atoms with Gasteiger partial charge in [-0.15, -0.1) is 11.8 Å². The van der Waals surface area contributed by atoms with Crippen LogP contribution in [0.5, 0.6) is 0 Å². The quantitative estimate of drug-likeness (QED) is 0.723. The largest absolute Gasteiger partial charge is 0.311 e. The van der Waals surface area contributed by atoms with Gasteiger partial charge in [0.25, 0.3) is 0 Å². The summed E-state index contributed by atoms with van der Waals surface area (Å²) in [5.41, 5.74) is 0. The molecule has 0 aromatic heterocycles. The van der Waals surface area contributed by atoms with E-state index in [0.29, 0.717) is 0 Å². The Balaban J connectivity index is 2.01. The second-order valence-corrected chi connectivity index (χ2v) is 4.09. The lowest BCUT2D eigenvalue weighted by molar-refractivity contribution is 0.385. The third kappa shape index (κ3) is 4.17. The molecule has 0 atom stereocenters. The van der Waals surface area contributed by atoms with Crippen molar-refractivity contribution >= 4 is 11.8 Å². The molecule has 1 nitrogen and oxygen atoms in total. The molecule has 0 aliphatic heterocycles. The third-order valence-electron chi connectivity index (χ3n) is 2.36. The molecule has 0 saturated heterocycles. The second-order valence-electron chi connectivity index (χ2n) is 3.35. The van der Waals surface area contributed by atoms with E-state index in [-0.39, 0.29) is 0 Å². The number of hydrogen-bond acceptors (Lipinski definition) is 2. The molecule has 1 rings (SSSR count). The van der Waals surface area contributed by atoms with Crippen molar-refractivity contribution in [1.82, 2.24) is 5.32 Å². The van der Waals surface area contributed by atoms with E-state index in [1.165, 1.54) is 32.1 Å². The van der Waals surface area contributed by atoms with Crippen molar-refractivity contribution in [2.24, 2.45) is 0 Å². The Labute approximate surface area is 80.0 Å². The molecule has 0 heterocycles. The van der Waals surface area contributed by atoms with Crippen LogP contribution in [0.25, 0.3) is 0 Å². The molecule has 1 N–H and O–H groups in total. The molecule has 0 aromatic carbocycles. The van der Waals surface area contributed by atoms with Crippen LogP contribution in [-0.4, -0.2) is 18.8 Å². The first-order chi connectivity index (χ1) is 5.93. The van der Waals surface area contributed by atoms with E-state index in [4.69, 9.17) is 0 Å².